The molecule has 3 aromatic carbocycles. The zero-order chi connectivity index (χ0) is 24.1. The van der Waals surface area contributed by atoms with Crippen molar-refractivity contribution in [2.75, 3.05) is 24.7 Å². The number of amidine groups is 1. The maximum atomic E-state index is 13.3. The minimum absolute atomic E-state index is 0.00456. The molecule has 4 rings (SSSR count). The van der Waals surface area contributed by atoms with Crippen molar-refractivity contribution in [2.24, 2.45) is 5.73 Å². The van der Waals surface area contributed by atoms with Crippen LogP contribution in [0.15, 0.2) is 72.3 Å². The molecule has 174 valence electrons. The van der Waals surface area contributed by atoms with Gasteiger partial charge in [0.05, 0.1) is 12.2 Å². The molecule has 6 nitrogen and oxygen atoms in total. The summed E-state index contributed by atoms with van der Waals surface area (Å²) in [6, 6.07) is 21.4. The molecule has 0 fully saturated rings. The van der Waals surface area contributed by atoms with E-state index in [1.54, 1.807) is 24.0 Å². The maximum Gasteiger partial charge on any atom is 0.254 e. The molecule has 0 unspecified atom stereocenters. The van der Waals surface area contributed by atoms with Gasteiger partial charge >= 0.3 is 0 Å². The van der Waals surface area contributed by atoms with Crippen LogP contribution in [0.25, 0.3) is 17.2 Å². The second-order valence-corrected chi connectivity index (χ2v) is 8.34. The third-order valence-corrected chi connectivity index (χ3v) is 5.92. The molecule has 0 aliphatic carbocycles. The van der Waals surface area contributed by atoms with Gasteiger partial charge in [0.25, 0.3) is 5.91 Å². The summed E-state index contributed by atoms with van der Waals surface area (Å²) in [6.07, 6.45) is 3.32. The van der Waals surface area contributed by atoms with Crippen LogP contribution in [0.4, 0.5) is 5.69 Å². The second kappa shape index (κ2) is 10.4. The summed E-state index contributed by atoms with van der Waals surface area (Å²) in [6.45, 7) is 2.84. The van der Waals surface area contributed by atoms with Crippen LogP contribution in [0.3, 0.4) is 0 Å². The van der Waals surface area contributed by atoms with E-state index in [-0.39, 0.29) is 18.3 Å². The monoisotopic (exact) mass is 455 g/mol. The molecular formula is C28H29N3O3. The predicted octanol–water partition coefficient (Wildman–Crippen LogP) is 4.39. The molecule has 6 heteroatoms. The average Bonchev–Trinajstić information content (AvgIpc) is 2.86. The summed E-state index contributed by atoms with van der Waals surface area (Å²) in [5, 5.41) is 16.9. The number of aliphatic hydroxyl groups is 1. The van der Waals surface area contributed by atoms with E-state index in [4.69, 9.17) is 15.9 Å². The number of nitrogens with two attached hydrogens (primary N) is 1. The number of ether oxygens (including phenoxy) is 1. The van der Waals surface area contributed by atoms with E-state index in [2.05, 4.69) is 12.1 Å². The van der Waals surface area contributed by atoms with E-state index >= 15 is 0 Å². The number of carbonyl (C=O) groups excluding carboxylic acids is 1. The predicted molar refractivity (Wildman–Crippen MR) is 136 cm³/mol. The topological polar surface area (TPSA) is 99.6 Å². The Bertz CT molecular complexity index is 1250. The number of nitrogens with zero attached hydrogens (tertiary/aromatic N) is 1. The highest BCUT2D eigenvalue weighted by atomic mass is 16.5. The Morgan fingerprint density at radius 1 is 1.15 bits per heavy atom. The first kappa shape index (κ1) is 23.3. The Morgan fingerprint density at radius 3 is 2.76 bits per heavy atom. The van der Waals surface area contributed by atoms with E-state index in [9.17, 15) is 9.90 Å². The molecule has 1 heterocycles. The standard InChI is InChI=1S/C28H29N3O3/c1-19(16-20-6-4-8-23(17-20)27(29)30)28(33)31-13-15-34-26-18-22(11-12-25(26)31)24-10-3-2-7-21(24)9-5-14-32/h2-4,6-8,10-12,16-18,32H,5,9,13-15H2,1H3,(H3,29,30)/b19-16+. The molecule has 0 saturated heterocycles. The van der Waals surface area contributed by atoms with Crippen LogP contribution in [0, 0.1) is 5.41 Å². The highest BCUT2D eigenvalue weighted by Crippen LogP contribution is 2.37. The number of nitrogens with one attached hydrogen (secondary N) is 1. The number of anilines is 1. The number of carbonyl (C=O) groups is 1. The Morgan fingerprint density at radius 2 is 1.97 bits per heavy atom. The number of rotatable bonds is 7. The van der Waals surface area contributed by atoms with Gasteiger partial charge in [-0.05, 0) is 66.3 Å². The smallest absolute Gasteiger partial charge is 0.254 e. The van der Waals surface area contributed by atoms with Crippen molar-refractivity contribution in [3.8, 4) is 16.9 Å². The third-order valence-electron chi connectivity index (χ3n) is 5.92. The molecule has 34 heavy (non-hydrogen) atoms. The van der Waals surface area contributed by atoms with Crippen molar-refractivity contribution >= 4 is 23.5 Å². The Labute approximate surface area is 199 Å². The number of hydrogen-bond donors (Lipinski definition) is 3. The summed E-state index contributed by atoms with van der Waals surface area (Å²) in [7, 11) is 0. The number of benzene rings is 3. The molecule has 0 atom stereocenters. The number of nitrogen functional groups attached to an aromatic ring is 1. The highest BCUT2D eigenvalue weighted by Gasteiger charge is 2.25. The molecule has 0 saturated carbocycles. The molecule has 0 spiro atoms. The molecule has 3 aromatic rings. The summed E-state index contributed by atoms with van der Waals surface area (Å²) < 4.78 is 5.94. The van der Waals surface area contributed by atoms with Gasteiger partial charge in [0.1, 0.15) is 18.2 Å². The number of amides is 1. The Hall–Kier alpha value is -3.90. The summed E-state index contributed by atoms with van der Waals surface area (Å²) >= 11 is 0. The second-order valence-electron chi connectivity index (χ2n) is 8.34. The van der Waals surface area contributed by atoms with Crippen LogP contribution in [0.1, 0.15) is 30.0 Å². The van der Waals surface area contributed by atoms with Gasteiger partial charge in [0.2, 0.25) is 0 Å². The quantitative estimate of drug-likeness (QED) is 0.279. The van der Waals surface area contributed by atoms with Crippen LogP contribution in [-0.2, 0) is 11.2 Å². The summed E-state index contributed by atoms with van der Waals surface area (Å²) in [4.78, 5) is 15.1. The van der Waals surface area contributed by atoms with Gasteiger partial charge in [0.15, 0.2) is 0 Å². The number of hydrogen-bond acceptors (Lipinski definition) is 4. The average molecular weight is 456 g/mol. The highest BCUT2D eigenvalue weighted by molar-refractivity contribution is 6.09. The van der Waals surface area contributed by atoms with Crippen LogP contribution >= 0.6 is 0 Å². The van der Waals surface area contributed by atoms with E-state index in [0.717, 1.165) is 28.8 Å². The van der Waals surface area contributed by atoms with Gasteiger partial charge in [-0.2, -0.15) is 0 Å². The molecule has 0 bridgehead atoms. The van der Waals surface area contributed by atoms with E-state index < -0.39 is 0 Å². The molecule has 1 aliphatic heterocycles. The first-order valence-corrected chi connectivity index (χ1v) is 11.4. The van der Waals surface area contributed by atoms with Crippen LogP contribution < -0.4 is 15.4 Å². The van der Waals surface area contributed by atoms with Crippen molar-refractivity contribution in [1.29, 1.82) is 5.41 Å². The fourth-order valence-corrected chi connectivity index (χ4v) is 4.21. The molecule has 0 radical (unpaired) electrons. The first-order valence-electron chi connectivity index (χ1n) is 11.4. The van der Waals surface area contributed by atoms with Gasteiger partial charge in [-0.1, -0.05) is 48.5 Å². The van der Waals surface area contributed by atoms with Gasteiger partial charge in [-0.25, -0.2) is 0 Å². The zero-order valence-electron chi connectivity index (χ0n) is 19.3. The van der Waals surface area contributed by atoms with Gasteiger partial charge < -0.3 is 20.5 Å². The largest absolute Gasteiger partial charge is 0.490 e. The normalized spacial score (nSPS) is 13.2. The fourth-order valence-electron chi connectivity index (χ4n) is 4.21. The zero-order valence-corrected chi connectivity index (χ0v) is 19.3. The van der Waals surface area contributed by atoms with Crippen LogP contribution in [0.2, 0.25) is 0 Å². The molecule has 0 aromatic heterocycles. The number of aliphatic hydroxyl groups excluding tert-OH is 1. The lowest BCUT2D eigenvalue weighted by atomic mass is 9.96. The lowest BCUT2D eigenvalue weighted by Gasteiger charge is -2.30. The summed E-state index contributed by atoms with van der Waals surface area (Å²) in [5.41, 5.74) is 11.7. The van der Waals surface area contributed by atoms with Crippen LogP contribution in [0.5, 0.6) is 5.75 Å². The molecule has 1 amide bonds. The number of fused-ring (bicyclic) bond motifs is 1. The molecular weight excluding hydrogens is 426 g/mol. The van der Waals surface area contributed by atoms with Gasteiger partial charge in [-0.15, -0.1) is 0 Å². The summed E-state index contributed by atoms with van der Waals surface area (Å²) in [5.74, 6) is 0.587. The van der Waals surface area contributed by atoms with Gasteiger partial charge in [-0.3, -0.25) is 10.2 Å². The van der Waals surface area contributed by atoms with E-state index in [0.29, 0.717) is 36.5 Å². The Kier molecular flexibility index (Phi) is 7.09. The van der Waals surface area contributed by atoms with Crippen LogP contribution in [-0.4, -0.2) is 36.6 Å². The lowest BCUT2D eigenvalue weighted by Crippen LogP contribution is -2.38. The van der Waals surface area contributed by atoms with Crippen molar-refractivity contribution in [2.45, 2.75) is 19.8 Å². The van der Waals surface area contributed by atoms with E-state index in [1.165, 1.54) is 5.56 Å². The molecule has 4 N–H and O–H groups in total. The Balaban J connectivity index is 1.61. The third kappa shape index (κ3) is 5.02. The van der Waals surface area contributed by atoms with Gasteiger partial charge in [0, 0.05) is 17.7 Å². The van der Waals surface area contributed by atoms with E-state index in [1.807, 2.05) is 48.5 Å². The minimum atomic E-state index is -0.0890. The minimum Gasteiger partial charge on any atom is -0.490 e. The fraction of sp³-hybridized carbons (Fsp3) is 0.214. The first-order chi connectivity index (χ1) is 16.5. The van der Waals surface area contributed by atoms with Crippen molar-refractivity contribution < 1.29 is 14.6 Å². The SMILES string of the molecule is C/C(=C\c1cccc(C(=N)N)c1)C(=O)N1CCOc2cc(-c3ccccc3CCCO)ccc21. The maximum absolute atomic E-state index is 13.3. The van der Waals surface area contributed by atoms with Crippen molar-refractivity contribution in [3.63, 3.8) is 0 Å². The van der Waals surface area contributed by atoms with Crippen molar-refractivity contribution in [1.82, 2.24) is 0 Å². The van der Waals surface area contributed by atoms with Crippen molar-refractivity contribution in [3.05, 3.63) is 89.0 Å². The lowest BCUT2D eigenvalue weighted by molar-refractivity contribution is -0.115. The number of aryl methyl sites for hydroxylation is 1. The molecule has 1 aliphatic rings.